The van der Waals surface area contributed by atoms with E-state index in [1.807, 2.05) is 24.3 Å². The van der Waals surface area contributed by atoms with Crippen LogP contribution in [0.1, 0.15) is 45.4 Å². The minimum Gasteiger partial charge on any atom is -0.491 e. The second-order valence-electron chi connectivity index (χ2n) is 4.69. The number of hydrogen-bond acceptors (Lipinski definition) is 2. The van der Waals surface area contributed by atoms with E-state index in [1.54, 1.807) is 0 Å². The van der Waals surface area contributed by atoms with Gasteiger partial charge in [0.15, 0.2) is 0 Å². The Bertz CT molecular complexity index is 328. The fraction of sp³-hybridized carbons (Fsp3) is 0.625. The molecular weight excluding hydrogens is 304 g/mol. The van der Waals surface area contributed by atoms with Crippen molar-refractivity contribution in [3.05, 3.63) is 28.7 Å². The Kier molecular flexibility index (Phi) is 9.82. The van der Waals surface area contributed by atoms with Gasteiger partial charge in [-0.1, -0.05) is 61.0 Å². The average molecular weight is 329 g/mol. The lowest BCUT2D eigenvalue weighted by Gasteiger charge is -2.07. The van der Waals surface area contributed by atoms with E-state index in [0.29, 0.717) is 13.2 Å². The van der Waals surface area contributed by atoms with Gasteiger partial charge in [-0.05, 0) is 24.6 Å². The molecule has 0 atom stereocenters. The zero-order valence-electron chi connectivity index (χ0n) is 11.9. The summed E-state index contributed by atoms with van der Waals surface area (Å²) in [5.41, 5.74) is 0. The van der Waals surface area contributed by atoms with Crippen molar-refractivity contribution in [2.75, 3.05) is 19.8 Å². The van der Waals surface area contributed by atoms with Crippen LogP contribution in [0, 0.1) is 0 Å². The van der Waals surface area contributed by atoms with Crippen LogP contribution < -0.4 is 4.74 Å². The molecule has 0 amide bonds. The molecule has 0 aliphatic rings. The van der Waals surface area contributed by atoms with Gasteiger partial charge in [-0.3, -0.25) is 0 Å². The minimum absolute atomic E-state index is 0.617. The van der Waals surface area contributed by atoms with Crippen molar-refractivity contribution < 1.29 is 9.47 Å². The Morgan fingerprint density at radius 2 is 1.74 bits per heavy atom. The van der Waals surface area contributed by atoms with Crippen LogP contribution in [0.5, 0.6) is 5.75 Å². The van der Waals surface area contributed by atoms with Crippen molar-refractivity contribution in [3.63, 3.8) is 0 Å². The molecule has 0 N–H and O–H groups in total. The molecule has 2 nitrogen and oxygen atoms in total. The fourth-order valence-electron chi connectivity index (χ4n) is 1.86. The molecule has 108 valence electrons. The summed E-state index contributed by atoms with van der Waals surface area (Å²) in [7, 11) is 0. The summed E-state index contributed by atoms with van der Waals surface area (Å²) in [5, 5.41) is 0. The molecule has 0 aliphatic heterocycles. The minimum atomic E-state index is 0.617. The molecule has 0 unspecified atom stereocenters. The van der Waals surface area contributed by atoms with E-state index < -0.39 is 0 Å². The van der Waals surface area contributed by atoms with Gasteiger partial charge in [0, 0.05) is 11.1 Å². The highest BCUT2D eigenvalue weighted by atomic mass is 79.9. The van der Waals surface area contributed by atoms with Gasteiger partial charge in [0.2, 0.25) is 0 Å². The second kappa shape index (κ2) is 11.3. The van der Waals surface area contributed by atoms with Crippen LogP contribution in [-0.2, 0) is 4.74 Å². The molecule has 19 heavy (non-hydrogen) atoms. The third kappa shape index (κ3) is 9.06. The first-order valence-corrected chi connectivity index (χ1v) is 8.08. The molecule has 0 aliphatic carbocycles. The summed E-state index contributed by atoms with van der Waals surface area (Å²) in [6, 6.07) is 7.88. The van der Waals surface area contributed by atoms with Gasteiger partial charge < -0.3 is 9.47 Å². The lowest BCUT2D eigenvalue weighted by atomic mass is 10.1. The molecule has 0 radical (unpaired) electrons. The smallest absolute Gasteiger partial charge is 0.120 e. The summed E-state index contributed by atoms with van der Waals surface area (Å²) in [4.78, 5) is 0. The maximum Gasteiger partial charge on any atom is 0.120 e. The summed E-state index contributed by atoms with van der Waals surface area (Å²) < 4.78 is 12.2. The molecule has 0 aromatic heterocycles. The van der Waals surface area contributed by atoms with Crippen LogP contribution in [0.3, 0.4) is 0 Å². The zero-order chi connectivity index (χ0) is 13.8. The first-order valence-electron chi connectivity index (χ1n) is 7.29. The standard InChI is InChI=1S/C16H25BrO2/c1-2-3-4-5-6-7-11-18-12-13-19-16-10-8-9-15(17)14-16/h8-10,14H,2-7,11-13H2,1H3. The van der Waals surface area contributed by atoms with E-state index in [2.05, 4.69) is 22.9 Å². The fourth-order valence-corrected chi connectivity index (χ4v) is 2.24. The topological polar surface area (TPSA) is 18.5 Å². The molecule has 3 heteroatoms. The molecule has 0 heterocycles. The van der Waals surface area contributed by atoms with Gasteiger partial charge in [-0.15, -0.1) is 0 Å². The van der Waals surface area contributed by atoms with E-state index in [0.717, 1.165) is 16.8 Å². The van der Waals surface area contributed by atoms with Gasteiger partial charge in [-0.25, -0.2) is 0 Å². The monoisotopic (exact) mass is 328 g/mol. The first kappa shape index (κ1) is 16.5. The van der Waals surface area contributed by atoms with Gasteiger partial charge >= 0.3 is 0 Å². The Balaban J connectivity index is 1.89. The van der Waals surface area contributed by atoms with E-state index in [9.17, 15) is 0 Å². The first-order chi connectivity index (χ1) is 9.33. The lowest BCUT2D eigenvalue weighted by molar-refractivity contribution is 0.0970. The molecule has 0 fully saturated rings. The van der Waals surface area contributed by atoms with Crippen LogP contribution in [0.2, 0.25) is 0 Å². The Morgan fingerprint density at radius 3 is 2.53 bits per heavy atom. The summed E-state index contributed by atoms with van der Waals surface area (Å²) >= 11 is 3.42. The van der Waals surface area contributed by atoms with E-state index >= 15 is 0 Å². The molecular formula is C16H25BrO2. The largest absolute Gasteiger partial charge is 0.491 e. The van der Waals surface area contributed by atoms with Crippen molar-refractivity contribution in [1.82, 2.24) is 0 Å². The summed E-state index contributed by atoms with van der Waals surface area (Å²) in [6.45, 7) is 4.39. The molecule has 0 saturated heterocycles. The molecule has 0 spiro atoms. The maximum absolute atomic E-state index is 5.59. The normalized spacial score (nSPS) is 10.6. The number of benzene rings is 1. The van der Waals surface area contributed by atoms with Gasteiger partial charge in [0.05, 0.1) is 6.61 Å². The van der Waals surface area contributed by atoms with Gasteiger partial charge in [0.25, 0.3) is 0 Å². The number of halogens is 1. The Labute approximate surface area is 125 Å². The zero-order valence-corrected chi connectivity index (χ0v) is 13.5. The predicted octanol–water partition coefficient (Wildman–Crippen LogP) is 5.21. The number of unbranched alkanes of at least 4 members (excludes halogenated alkanes) is 5. The van der Waals surface area contributed by atoms with E-state index in [4.69, 9.17) is 9.47 Å². The third-order valence-electron chi connectivity index (χ3n) is 2.93. The number of rotatable bonds is 11. The van der Waals surface area contributed by atoms with Crippen LogP contribution in [0.4, 0.5) is 0 Å². The van der Waals surface area contributed by atoms with Gasteiger partial charge in [-0.2, -0.15) is 0 Å². The summed E-state index contributed by atoms with van der Waals surface area (Å²) in [6.07, 6.45) is 7.83. The van der Waals surface area contributed by atoms with E-state index in [-0.39, 0.29) is 0 Å². The highest BCUT2D eigenvalue weighted by Crippen LogP contribution is 2.17. The van der Waals surface area contributed by atoms with Crippen LogP contribution in [-0.4, -0.2) is 19.8 Å². The van der Waals surface area contributed by atoms with Crippen LogP contribution in [0.15, 0.2) is 28.7 Å². The van der Waals surface area contributed by atoms with Crippen LogP contribution in [0.25, 0.3) is 0 Å². The van der Waals surface area contributed by atoms with Crippen LogP contribution >= 0.6 is 15.9 Å². The highest BCUT2D eigenvalue weighted by molar-refractivity contribution is 9.10. The maximum atomic E-state index is 5.59. The van der Waals surface area contributed by atoms with Gasteiger partial charge in [0.1, 0.15) is 12.4 Å². The van der Waals surface area contributed by atoms with Crippen molar-refractivity contribution >= 4 is 15.9 Å². The molecule has 1 aromatic carbocycles. The number of hydrogen-bond donors (Lipinski definition) is 0. The SMILES string of the molecule is CCCCCCCCOCCOc1cccc(Br)c1. The Hall–Kier alpha value is -0.540. The third-order valence-corrected chi connectivity index (χ3v) is 3.43. The quantitative estimate of drug-likeness (QED) is 0.519. The lowest BCUT2D eigenvalue weighted by Crippen LogP contribution is -2.07. The predicted molar refractivity (Wildman–Crippen MR) is 83.8 cm³/mol. The summed E-state index contributed by atoms with van der Waals surface area (Å²) in [5.74, 6) is 0.887. The average Bonchev–Trinajstić information content (AvgIpc) is 2.41. The van der Waals surface area contributed by atoms with Crippen molar-refractivity contribution in [3.8, 4) is 5.75 Å². The molecule has 0 bridgehead atoms. The van der Waals surface area contributed by atoms with E-state index in [1.165, 1.54) is 38.5 Å². The molecule has 1 aromatic rings. The highest BCUT2D eigenvalue weighted by Gasteiger charge is 1.95. The van der Waals surface area contributed by atoms with Crippen molar-refractivity contribution in [2.45, 2.75) is 45.4 Å². The molecule has 1 rings (SSSR count). The number of ether oxygens (including phenoxy) is 2. The van der Waals surface area contributed by atoms with Crippen molar-refractivity contribution in [1.29, 1.82) is 0 Å². The Morgan fingerprint density at radius 1 is 0.947 bits per heavy atom. The molecule has 0 saturated carbocycles. The second-order valence-corrected chi connectivity index (χ2v) is 5.60. The van der Waals surface area contributed by atoms with Crippen molar-refractivity contribution in [2.24, 2.45) is 0 Å².